The van der Waals surface area contributed by atoms with Crippen LogP contribution in [0.15, 0.2) is 21.2 Å². The second-order valence-corrected chi connectivity index (χ2v) is 5.36. The van der Waals surface area contributed by atoms with E-state index in [9.17, 15) is 0 Å². The van der Waals surface area contributed by atoms with Gasteiger partial charge in [-0.15, -0.1) is 0 Å². The maximum absolute atomic E-state index is 5.47. The summed E-state index contributed by atoms with van der Waals surface area (Å²) in [6.07, 6.45) is 3.89. The van der Waals surface area contributed by atoms with Crippen LogP contribution in [-0.2, 0) is 6.54 Å². The number of hydrogen-bond donors (Lipinski definition) is 1. The summed E-state index contributed by atoms with van der Waals surface area (Å²) in [6, 6.07) is 5.15. The molecule has 2 unspecified atom stereocenters. The van der Waals surface area contributed by atoms with E-state index in [-0.39, 0.29) is 0 Å². The first-order chi connectivity index (χ1) is 7.66. The molecule has 1 aliphatic rings. The van der Waals surface area contributed by atoms with Crippen LogP contribution < -0.4 is 5.43 Å². The van der Waals surface area contributed by atoms with Gasteiger partial charge in [0.25, 0.3) is 0 Å². The average molecular weight is 287 g/mol. The van der Waals surface area contributed by atoms with Crippen molar-refractivity contribution in [3.8, 4) is 0 Å². The van der Waals surface area contributed by atoms with Gasteiger partial charge in [-0.05, 0) is 54.8 Å². The Morgan fingerprint density at radius 2 is 2.06 bits per heavy atom. The van der Waals surface area contributed by atoms with E-state index in [0.29, 0.717) is 12.1 Å². The molecule has 90 valence electrons. The Labute approximate surface area is 105 Å². The highest BCUT2D eigenvalue weighted by Crippen LogP contribution is 2.21. The SMILES string of the molecule is CC1CCCC(C)N1NCc1ccc(Br)o1. The number of rotatable bonds is 3. The van der Waals surface area contributed by atoms with Crippen molar-refractivity contribution in [1.82, 2.24) is 10.4 Å². The zero-order valence-corrected chi connectivity index (χ0v) is 11.5. The summed E-state index contributed by atoms with van der Waals surface area (Å²) in [5.41, 5.74) is 3.47. The molecule has 1 fully saturated rings. The smallest absolute Gasteiger partial charge is 0.169 e. The van der Waals surface area contributed by atoms with Crippen LogP contribution in [0.25, 0.3) is 0 Å². The summed E-state index contributed by atoms with van der Waals surface area (Å²) in [4.78, 5) is 0. The van der Waals surface area contributed by atoms with Crippen LogP contribution in [0.3, 0.4) is 0 Å². The molecule has 1 aromatic heterocycles. The van der Waals surface area contributed by atoms with E-state index >= 15 is 0 Å². The van der Waals surface area contributed by atoms with Gasteiger partial charge >= 0.3 is 0 Å². The second kappa shape index (κ2) is 5.34. The monoisotopic (exact) mass is 286 g/mol. The molecule has 0 spiro atoms. The Kier molecular flexibility index (Phi) is 4.05. The van der Waals surface area contributed by atoms with Crippen molar-refractivity contribution in [3.63, 3.8) is 0 Å². The highest BCUT2D eigenvalue weighted by Gasteiger charge is 2.24. The third-order valence-electron chi connectivity index (χ3n) is 3.26. The third-order valence-corrected chi connectivity index (χ3v) is 3.68. The number of halogens is 1. The standard InChI is InChI=1S/C12H19BrN2O/c1-9-4-3-5-10(2)15(9)14-8-11-6-7-12(13)16-11/h6-7,9-10,14H,3-5,8H2,1-2H3. The largest absolute Gasteiger partial charge is 0.453 e. The van der Waals surface area contributed by atoms with Crippen LogP contribution in [0.2, 0.25) is 0 Å². The molecule has 0 radical (unpaired) electrons. The predicted molar refractivity (Wildman–Crippen MR) is 67.9 cm³/mol. The average Bonchev–Trinajstić information content (AvgIpc) is 2.63. The molecule has 4 heteroatoms. The molecule has 1 N–H and O–H groups in total. The number of furan rings is 1. The summed E-state index contributed by atoms with van der Waals surface area (Å²) in [5.74, 6) is 0.969. The molecule has 16 heavy (non-hydrogen) atoms. The molecule has 0 aromatic carbocycles. The first kappa shape index (κ1) is 12.1. The summed E-state index contributed by atoms with van der Waals surface area (Å²) in [5, 5.41) is 2.36. The normalized spacial score (nSPS) is 27.2. The van der Waals surface area contributed by atoms with E-state index in [1.165, 1.54) is 19.3 Å². The summed E-state index contributed by atoms with van der Waals surface area (Å²) in [7, 11) is 0. The number of nitrogens with one attached hydrogen (secondary N) is 1. The fourth-order valence-electron chi connectivity index (χ4n) is 2.35. The lowest BCUT2D eigenvalue weighted by molar-refractivity contribution is 0.0411. The van der Waals surface area contributed by atoms with Gasteiger partial charge in [-0.25, -0.2) is 10.4 Å². The first-order valence-corrected chi connectivity index (χ1v) is 6.72. The van der Waals surface area contributed by atoms with Crippen LogP contribution in [0, 0.1) is 0 Å². The van der Waals surface area contributed by atoms with Crippen LogP contribution in [0.5, 0.6) is 0 Å². The van der Waals surface area contributed by atoms with Crippen molar-refractivity contribution >= 4 is 15.9 Å². The maximum Gasteiger partial charge on any atom is 0.169 e. The van der Waals surface area contributed by atoms with Gasteiger partial charge in [0.05, 0.1) is 6.54 Å². The highest BCUT2D eigenvalue weighted by molar-refractivity contribution is 9.10. The topological polar surface area (TPSA) is 28.4 Å². The van der Waals surface area contributed by atoms with E-state index in [4.69, 9.17) is 4.42 Å². The molecular weight excluding hydrogens is 268 g/mol. The molecule has 0 bridgehead atoms. The summed E-state index contributed by atoms with van der Waals surface area (Å²) >= 11 is 3.31. The van der Waals surface area contributed by atoms with Gasteiger partial charge in [-0.1, -0.05) is 6.42 Å². The molecule has 2 atom stereocenters. The van der Waals surface area contributed by atoms with Gasteiger partial charge in [0.15, 0.2) is 4.67 Å². The molecule has 1 aromatic rings. The molecule has 2 heterocycles. The fraction of sp³-hybridized carbons (Fsp3) is 0.667. The van der Waals surface area contributed by atoms with Gasteiger partial charge in [0.1, 0.15) is 5.76 Å². The highest BCUT2D eigenvalue weighted by atomic mass is 79.9. The summed E-state index contributed by atoms with van der Waals surface area (Å²) in [6.45, 7) is 5.32. The van der Waals surface area contributed by atoms with Crippen LogP contribution in [0.4, 0.5) is 0 Å². The Morgan fingerprint density at radius 1 is 1.38 bits per heavy atom. The van der Waals surface area contributed by atoms with E-state index in [1.807, 2.05) is 12.1 Å². The first-order valence-electron chi connectivity index (χ1n) is 5.93. The molecular formula is C12H19BrN2O. The van der Waals surface area contributed by atoms with Crippen molar-refractivity contribution in [3.05, 3.63) is 22.6 Å². The number of hydrogen-bond acceptors (Lipinski definition) is 3. The zero-order chi connectivity index (χ0) is 11.5. The Bertz CT molecular complexity index is 330. The summed E-state index contributed by atoms with van der Waals surface area (Å²) < 4.78 is 6.27. The number of piperidine rings is 1. The second-order valence-electron chi connectivity index (χ2n) is 4.58. The van der Waals surface area contributed by atoms with Crippen LogP contribution >= 0.6 is 15.9 Å². The van der Waals surface area contributed by atoms with Crippen molar-refractivity contribution in [2.45, 2.75) is 51.7 Å². The van der Waals surface area contributed by atoms with Crippen molar-refractivity contribution < 1.29 is 4.42 Å². The lowest BCUT2D eigenvalue weighted by Crippen LogP contribution is -2.51. The molecule has 0 saturated carbocycles. The third kappa shape index (κ3) is 2.87. The van der Waals surface area contributed by atoms with Crippen molar-refractivity contribution in [2.75, 3.05) is 0 Å². The Hall–Kier alpha value is -0.320. The predicted octanol–water partition coefficient (Wildman–Crippen LogP) is 3.31. The van der Waals surface area contributed by atoms with Gasteiger partial charge in [-0.2, -0.15) is 0 Å². The minimum Gasteiger partial charge on any atom is -0.453 e. The van der Waals surface area contributed by atoms with E-state index in [0.717, 1.165) is 17.0 Å². The number of nitrogens with zero attached hydrogens (tertiary/aromatic N) is 1. The maximum atomic E-state index is 5.47. The van der Waals surface area contributed by atoms with Crippen LogP contribution in [0.1, 0.15) is 38.9 Å². The number of hydrazine groups is 1. The molecule has 1 aliphatic heterocycles. The van der Waals surface area contributed by atoms with E-state index in [2.05, 4.69) is 40.2 Å². The molecule has 1 saturated heterocycles. The Morgan fingerprint density at radius 3 is 2.62 bits per heavy atom. The lowest BCUT2D eigenvalue weighted by atomic mass is 10.00. The van der Waals surface area contributed by atoms with Crippen LogP contribution in [-0.4, -0.2) is 17.1 Å². The molecule has 2 rings (SSSR count). The van der Waals surface area contributed by atoms with Gasteiger partial charge < -0.3 is 4.42 Å². The zero-order valence-electron chi connectivity index (χ0n) is 9.87. The van der Waals surface area contributed by atoms with Gasteiger partial charge in [0.2, 0.25) is 0 Å². The fourth-order valence-corrected chi connectivity index (χ4v) is 2.69. The quantitative estimate of drug-likeness (QED) is 0.924. The lowest BCUT2D eigenvalue weighted by Gasteiger charge is -2.38. The van der Waals surface area contributed by atoms with E-state index in [1.54, 1.807) is 0 Å². The van der Waals surface area contributed by atoms with Crippen molar-refractivity contribution in [1.29, 1.82) is 0 Å². The van der Waals surface area contributed by atoms with Gasteiger partial charge in [-0.3, -0.25) is 0 Å². The molecule has 0 aliphatic carbocycles. The van der Waals surface area contributed by atoms with E-state index < -0.39 is 0 Å². The minimum atomic E-state index is 0.613. The Balaban J connectivity index is 1.88. The van der Waals surface area contributed by atoms with Gasteiger partial charge in [0, 0.05) is 12.1 Å². The molecule has 0 amide bonds. The minimum absolute atomic E-state index is 0.613. The molecule has 3 nitrogen and oxygen atoms in total. The van der Waals surface area contributed by atoms with Crippen molar-refractivity contribution in [2.24, 2.45) is 0 Å².